The second kappa shape index (κ2) is 7.99. The Bertz CT molecular complexity index is 808. The molecule has 2 aromatic rings. The number of hydrogen-bond acceptors (Lipinski definition) is 3. The van der Waals surface area contributed by atoms with E-state index in [0.29, 0.717) is 30.7 Å². The lowest BCUT2D eigenvalue weighted by molar-refractivity contribution is -0.143. The van der Waals surface area contributed by atoms with Crippen molar-refractivity contribution in [2.75, 3.05) is 13.1 Å². The van der Waals surface area contributed by atoms with Gasteiger partial charge in [0.15, 0.2) is 0 Å². The third kappa shape index (κ3) is 4.39. The molecule has 1 heterocycles. The van der Waals surface area contributed by atoms with Crippen molar-refractivity contribution in [3.05, 3.63) is 65.5 Å². The third-order valence-corrected chi connectivity index (χ3v) is 4.43. The number of hydrogen-bond donors (Lipinski definition) is 1. The summed E-state index contributed by atoms with van der Waals surface area (Å²) in [5, 5.41) is 9.17. The highest BCUT2D eigenvalue weighted by atomic mass is 19.1. The number of likely N-dealkylation sites (tertiary alicyclic amines) is 1. The minimum atomic E-state index is -0.861. The minimum Gasteiger partial charge on any atom is -0.489 e. The molecule has 1 fully saturated rings. The van der Waals surface area contributed by atoms with Gasteiger partial charge in [-0.05, 0) is 42.7 Å². The van der Waals surface area contributed by atoms with Gasteiger partial charge in [0.1, 0.15) is 18.2 Å². The fraction of sp³-hybridized carbons (Fsp3) is 0.300. The molecule has 0 radical (unpaired) electrons. The van der Waals surface area contributed by atoms with E-state index in [1.165, 1.54) is 12.1 Å². The van der Waals surface area contributed by atoms with Crippen LogP contribution in [-0.4, -0.2) is 35.0 Å². The monoisotopic (exact) mass is 357 g/mol. The van der Waals surface area contributed by atoms with Crippen molar-refractivity contribution in [2.24, 2.45) is 5.92 Å². The van der Waals surface area contributed by atoms with Crippen LogP contribution < -0.4 is 4.74 Å². The Hall–Kier alpha value is -2.89. The number of carbonyl (C=O) groups excluding carboxylic acids is 1. The van der Waals surface area contributed by atoms with Crippen molar-refractivity contribution in [3.63, 3.8) is 0 Å². The quantitative estimate of drug-likeness (QED) is 0.891. The van der Waals surface area contributed by atoms with E-state index in [1.807, 2.05) is 6.07 Å². The summed E-state index contributed by atoms with van der Waals surface area (Å²) in [4.78, 5) is 25.4. The summed E-state index contributed by atoms with van der Waals surface area (Å²) in [5.41, 5.74) is 1.28. The number of carboxylic acids is 1. The van der Waals surface area contributed by atoms with Gasteiger partial charge in [0.2, 0.25) is 0 Å². The van der Waals surface area contributed by atoms with E-state index in [4.69, 9.17) is 9.84 Å². The van der Waals surface area contributed by atoms with E-state index >= 15 is 0 Å². The van der Waals surface area contributed by atoms with E-state index in [9.17, 15) is 14.0 Å². The van der Waals surface area contributed by atoms with Crippen molar-refractivity contribution in [1.29, 1.82) is 0 Å². The van der Waals surface area contributed by atoms with Crippen LogP contribution in [-0.2, 0) is 11.4 Å². The van der Waals surface area contributed by atoms with Gasteiger partial charge < -0.3 is 14.7 Å². The molecule has 2 aromatic carbocycles. The highest BCUT2D eigenvalue weighted by molar-refractivity contribution is 5.94. The van der Waals surface area contributed by atoms with Crippen molar-refractivity contribution >= 4 is 11.9 Å². The lowest BCUT2D eigenvalue weighted by Crippen LogP contribution is -2.42. The largest absolute Gasteiger partial charge is 0.489 e. The predicted molar refractivity (Wildman–Crippen MR) is 93.4 cm³/mol. The Kier molecular flexibility index (Phi) is 5.51. The number of amides is 1. The summed E-state index contributed by atoms with van der Waals surface area (Å²) in [6.45, 7) is 1.01. The Labute approximate surface area is 151 Å². The maximum absolute atomic E-state index is 13.2. The zero-order chi connectivity index (χ0) is 18.5. The molecule has 5 nitrogen and oxygen atoms in total. The van der Waals surface area contributed by atoms with Gasteiger partial charge in [0, 0.05) is 24.7 Å². The summed E-state index contributed by atoms with van der Waals surface area (Å²) in [7, 11) is 0. The lowest BCUT2D eigenvalue weighted by Gasteiger charge is -2.30. The number of rotatable bonds is 5. The maximum Gasteiger partial charge on any atom is 0.308 e. The second-order valence-electron chi connectivity index (χ2n) is 6.37. The number of nitrogens with zero attached hydrogens (tertiary/aromatic N) is 1. The molecular formula is C20H20FNO4. The van der Waals surface area contributed by atoms with Gasteiger partial charge >= 0.3 is 5.97 Å². The Balaban J connectivity index is 1.66. The highest BCUT2D eigenvalue weighted by Gasteiger charge is 2.28. The van der Waals surface area contributed by atoms with Gasteiger partial charge in [-0.25, -0.2) is 4.39 Å². The van der Waals surface area contributed by atoms with Crippen LogP contribution in [0.4, 0.5) is 4.39 Å². The van der Waals surface area contributed by atoms with Crippen molar-refractivity contribution in [2.45, 2.75) is 19.4 Å². The maximum atomic E-state index is 13.2. The topological polar surface area (TPSA) is 66.8 Å². The summed E-state index contributed by atoms with van der Waals surface area (Å²) >= 11 is 0. The average Bonchev–Trinajstić information content (AvgIpc) is 2.66. The molecule has 1 saturated heterocycles. The molecule has 1 N–H and O–H groups in total. The van der Waals surface area contributed by atoms with Crippen molar-refractivity contribution in [1.82, 2.24) is 4.90 Å². The van der Waals surface area contributed by atoms with Crippen LogP contribution in [0.2, 0.25) is 0 Å². The first-order chi connectivity index (χ1) is 12.5. The van der Waals surface area contributed by atoms with Crippen molar-refractivity contribution in [3.8, 4) is 5.75 Å². The Morgan fingerprint density at radius 1 is 1.19 bits per heavy atom. The van der Waals surface area contributed by atoms with Gasteiger partial charge in [-0.15, -0.1) is 0 Å². The van der Waals surface area contributed by atoms with Crippen LogP contribution in [0.3, 0.4) is 0 Å². The van der Waals surface area contributed by atoms with Crippen LogP contribution >= 0.6 is 0 Å². The highest BCUT2D eigenvalue weighted by Crippen LogP contribution is 2.20. The molecule has 26 heavy (non-hydrogen) atoms. The van der Waals surface area contributed by atoms with Gasteiger partial charge in [0.25, 0.3) is 5.91 Å². The molecule has 1 aliphatic heterocycles. The first-order valence-electron chi connectivity index (χ1n) is 8.52. The van der Waals surface area contributed by atoms with Crippen molar-refractivity contribution < 1.29 is 23.8 Å². The predicted octanol–water partition coefficient (Wildman–Crippen LogP) is 3.34. The minimum absolute atomic E-state index is 0.177. The van der Waals surface area contributed by atoms with E-state index in [0.717, 1.165) is 5.56 Å². The zero-order valence-corrected chi connectivity index (χ0v) is 14.2. The number of ether oxygens (including phenoxy) is 1. The molecule has 1 aliphatic rings. The summed E-state index contributed by atoms with van der Waals surface area (Å²) in [6.07, 6.45) is 1.28. The van der Waals surface area contributed by atoms with Gasteiger partial charge in [-0.2, -0.15) is 0 Å². The Morgan fingerprint density at radius 2 is 2.00 bits per heavy atom. The smallest absolute Gasteiger partial charge is 0.308 e. The van der Waals surface area contributed by atoms with E-state index < -0.39 is 11.9 Å². The summed E-state index contributed by atoms with van der Waals surface area (Å²) in [5.74, 6) is -1.50. The fourth-order valence-electron chi connectivity index (χ4n) is 3.06. The third-order valence-electron chi connectivity index (χ3n) is 4.43. The molecule has 3 rings (SSSR count). The SMILES string of the molecule is O=C(O)[C@H]1CCCN(C(=O)c2cccc(COc3cccc(F)c3)c2)C1. The molecule has 1 amide bonds. The zero-order valence-electron chi connectivity index (χ0n) is 14.2. The Morgan fingerprint density at radius 3 is 2.77 bits per heavy atom. The van der Waals surface area contributed by atoms with Crippen LogP contribution in [0.1, 0.15) is 28.8 Å². The summed E-state index contributed by atoms with van der Waals surface area (Å²) in [6, 6.07) is 12.9. The second-order valence-corrected chi connectivity index (χ2v) is 6.37. The van der Waals surface area contributed by atoms with Crippen LogP contribution in [0.25, 0.3) is 0 Å². The van der Waals surface area contributed by atoms with Crippen LogP contribution in [0.5, 0.6) is 5.75 Å². The average molecular weight is 357 g/mol. The molecule has 0 saturated carbocycles. The van der Waals surface area contributed by atoms with Crippen LogP contribution in [0, 0.1) is 11.7 Å². The number of carbonyl (C=O) groups is 2. The number of carboxylic acid groups (broad SMARTS) is 1. The van der Waals surface area contributed by atoms with Gasteiger partial charge in [-0.1, -0.05) is 18.2 Å². The summed E-state index contributed by atoms with van der Waals surface area (Å²) < 4.78 is 18.7. The molecule has 6 heteroatoms. The van der Waals surface area contributed by atoms with E-state index in [1.54, 1.807) is 35.2 Å². The van der Waals surface area contributed by atoms with E-state index in [2.05, 4.69) is 0 Å². The van der Waals surface area contributed by atoms with E-state index in [-0.39, 0.29) is 24.9 Å². The molecule has 0 aromatic heterocycles. The molecule has 136 valence electrons. The normalized spacial score (nSPS) is 17.0. The first kappa shape index (κ1) is 17.9. The van der Waals surface area contributed by atoms with Crippen LogP contribution in [0.15, 0.2) is 48.5 Å². The number of piperidine rings is 1. The number of halogens is 1. The molecule has 0 unspecified atom stereocenters. The fourth-order valence-corrected chi connectivity index (χ4v) is 3.06. The lowest BCUT2D eigenvalue weighted by atomic mass is 9.97. The molecule has 0 spiro atoms. The molecule has 1 atom stereocenters. The standard InChI is InChI=1S/C20H20FNO4/c21-17-7-2-8-18(11-17)26-13-14-4-1-5-15(10-14)19(23)22-9-3-6-16(12-22)20(24)25/h1-2,4-5,7-8,10-11,16H,3,6,9,12-13H2,(H,24,25)/t16-/m0/s1. The molecule has 0 bridgehead atoms. The van der Waals surface area contributed by atoms with Gasteiger partial charge in [-0.3, -0.25) is 9.59 Å². The van der Waals surface area contributed by atoms with Gasteiger partial charge in [0.05, 0.1) is 5.92 Å². The molecular weight excluding hydrogens is 337 g/mol. The number of benzene rings is 2. The number of aliphatic carboxylic acids is 1. The molecule has 0 aliphatic carbocycles. The first-order valence-corrected chi connectivity index (χ1v) is 8.52.